The van der Waals surface area contributed by atoms with Crippen molar-refractivity contribution in [2.45, 2.75) is 13.0 Å². The van der Waals surface area contributed by atoms with Gasteiger partial charge in [0.1, 0.15) is 11.5 Å². The topological polar surface area (TPSA) is 66.8 Å². The molecule has 4 rings (SSSR count). The SMILES string of the molecule is COc1ccccc1/C(O)=C1\C(=O)C(=O)N(c2cc(Cl)cc(Cl)c2)C1c1cccc(C)c1. The lowest BCUT2D eigenvalue weighted by Crippen LogP contribution is -2.29. The second-order valence-corrected chi connectivity index (χ2v) is 8.28. The molecule has 0 saturated carbocycles. The predicted molar refractivity (Wildman–Crippen MR) is 125 cm³/mol. The van der Waals surface area contributed by atoms with E-state index < -0.39 is 17.7 Å². The van der Waals surface area contributed by atoms with Crippen LogP contribution in [0.25, 0.3) is 5.76 Å². The van der Waals surface area contributed by atoms with Gasteiger partial charge in [0.25, 0.3) is 11.7 Å². The summed E-state index contributed by atoms with van der Waals surface area (Å²) in [5.41, 5.74) is 2.23. The first-order valence-corrected chi connectivity index (χ1v) is 10.5. The van der Waals surface area contributed by atoms with Crippen LogP contribution in [0.2, 0.25) is 10.0 Å². The van der Waals surface area contributed by atoms with Crippen molar-refractivity contribution in [2.24, 2.45) is 0 Å². The van der Waals surface area contributed by atoms with E-state index in [0.717, 1.165) is 5.56 Å². The highest BCUT2D eigenvalue weighted by atomic mass is 35.5. The second kappa shape index (κ2) is 8.69. The number of hydrogen-bond acceptors (Lipinski definition) is 4. The summed E-state index contributed by atoms with van der Waals surface area (Å²) in [6.45, 7) is 1.91. The number of rotatable bonds is 4. The maximum absolute atomic E-state index is 13.2. The van der Waals surface area contributed by atoms with Crippen LogP contribution in [0.1, 0.15) is 22.7 Å². The first kappa shape index (κ1) is 21.9. The van der Waals surface area contributed by atoms with E-state index in [-0.39, 0.29) is 11.3 Å². The van der Waals surface area contributed by atoms with Gasteiger partial charge in [-0.2, -0.15) is 0 Å². The van der Waals surface area contributed by atoms with Crippen LogP contribution in [-0.4, -0.2) is 23.9 Å². The van der Waals surface area contributed by atoms with E-state index in [1.807, 2.05) is 25.1 Å². The molecule has 1 fully saturated rings. The number of benzene rings is 3. The average Bonchev–Trinajstić information content (AvgIpc) is 3.03. The predicted octanol–water partition coefficient (Wildman–Crippen LogP) is 5.94. The summed E-state index contributed by atoms with van der Waals surface area (Å²) in [6.07, 6.45) is 0. The number of ether oxygens (including phenoxy) is 1. The van der Waals surface area contributed by atoms with Gasteiger partial charge >= 0.3 is 0 Å². The minimum absolute atomic E-state index is 0.0406. The number of para-hydroxylation sites is 1. The Kier molecular flexibility index (Phi) is 5.96. The second-order valence-electron chi connectivity index (χ2n) is 7.41. The van der Waals surface area contributed by atoms with E-state index >= 15 is 0 Å². The van der Waals surface area contributed by atoms with E-state index in [1.54, 1.807) is 48.5 Å². The van der Waals surface area contributed by atoms with Gasteiger partial charge < -0.3 is 9.84 Å². The molecule has 0 radical (unpaired) electrons. The maximum atomic E-state index is 13.2. The number of aryl methyl sites for hydroxylation is 1. The molecule has 0 bridgehead atoms. The number of methoxy groups -OCH3 is 1. The molecule has 1 aliphatic rings. The van der Waals surface area contributed by atoms with Crippen LogP contribution in [0, 0.1) is 6.92 Å². The number of aliphatic hydroxyl groups excluding tert-OH is 1. The average molecular weight is 468 g/mol. The molecule has 162 valence electrons. The first-order chi connectivity index (χ1) is 15.3. The number of carbonyl (C=O) groups is 2. The number of halogens is 2. The van der Waals surface area contributed by atoms with Crippen molar-refractivity contribution in [2.75, 3.05) is 12.0 Å². The van der Waals surface area contributed by atoms with Crippen molar-refractivity contribution < 1.29 is 19.4 Å². The van der Waals surface area contributed by atoms with Gasteiger partial charge in [0.05, 0.1) is 24.3 Å². The van der Waals surface area contributed by atoms with Crippen LogP contribution in [0.15, 0.2) is 72.3 Å². The van der Waals surface area contributed by atoms with Gasteiger partial charge in [-0.15, -0.1) is 0 Å². The van der Waals surface area contributed by atoms with Crippen LogP contribution in [0.4, 0.5) is 5.69 Å². The van der Waals surface area contributed by atoms with Gasteiger partial charge in [-0.25, -0.2) is 0 Å². The molecule has 0 spiro atoms. The minimum Gasteiger partial charge on any atom is -0.507 e. The number of Topliss-reactive ketones (excluding diaryl/α,β-unsaturated/α-hetero) is 1. The summed E-state index contributed by atoms with van der Waals surface area (Å²) in [6, 6.07) is 18.0. The number of nitrogens with zero attached hydrogens (tertiary/aromatic N) is 1. The molecule has 0 aliphatic carbocycles. The van der Waals surface area contributed by atoms with Crippen molar-refractivity contribution in [3.05, 3.63) is 99.0 Å². The van der Waals surface area contributed by atoms with Crippen LogP contribution >= 0.6 is 23.2 Å². The highest BCUT2D eigenvalue weighted by Gasteiger charge is 2.47. The number of amides is 1. The van der Waals surface area contributed by atoms with E-state index in [2.05, 4.69) is 0 Å². The third-order valence-electron chi connectivity index (χ3n) is 5.29. The molecule has 1 aliphatic heterocycles. The summed E-state index contributed by atoms with van der Waals surface area (Å²) < 4.78 is 5.35. The molecule has 1 atom stereocenters. The number of hydrogen-bond donors (Lipinski definition) is 1. The smallest absolute Gasteiger partial charge is 0.300 e. The Morgan fingerprint density at radius 2 is 1.66 bits per heavy atom. The van der Waals surface area contributed by atoms with Gasteiger partial charge in [0, 0.05) is 15.7 Å². The van der Waals surface area contributed by atoms with Gasteiger partial charge in [-0.1, -0.05) is 65.2 Å². The third-order valence-corrected chi connectivity index (χ3v) is 5.73. The molecular formula is C25H19Cl2NO4. The molecule has 0 aromatic heterocycles. The van der Waals surface area contributed by atoms with Gasteiger partial charge in [-0.05, 0) is 42.8 Å². The van der Waals surface area contributed by atoms with E-state index in [4.69, 9.17) is 27.9 Å². The number of carbonyl (C=O) groups excluding carboxylic acids is 2. The highest BCUT2D eigenvalue weighted by molar-refractivity contribution is 6.52. The number of aliphatic hydroxyl groups is 1. The van der Waals surface area contributed by atoms with Crippen LogP contribution in [0.5, 0.6) is 5.75 Å². The Labute approximate surface area is 195 Å². The zero-order chi connectivity index (χ0) is 23.0. The quantitative estimate of drug-likeness (QED) is 0.293. The summed E-state index contributed by atoms with van der Waals surface area (Å²) in [4.78, 5) is 27.8. The molecule has 1 unspecified atom stereocenters. The fourth-order valence-corrected chi connectivity index (χ4v) is 4.43. The zero-order valence-corrected chi connectivity index (χ0v) is 18.8. The van der Waals surface area contributed by atoms with Crippen LogP contribution in [0.3, 0.4) is 0 Å². The Balaban J connectivity index is 2.00. The van der Waals surface area contributed by atoms with E-state index in [9.17, 15) is 14.7 Å². The van der Waals surface area contributed by atoms with Crippen molar-refractivity contribution in [3.8, 4) is 5.75 Å². The van der Waals surface area contributed by atoms with Crippen LogP contribution in [-0.2, 0) is 9.59 Å². The molecule has 32 heavy (non-hydrogen) atoms. The molecule has 1 saturated heterocycles. The lowest BCUT2D eigenvalue weighted by Gasteiger charge is -2.26. The summed E-state index contributed by atoms with van der Waals surface area (Å²) >= 11 is 12.4. The molecule has 1 N–H and O–H groups in total. The Morgan fingerprint density at radius 1 is 0.969 bits per heavy atom. The summed E-state index contributed by atoms with van der Waals surface area (Å²) in [7, 11) is 1.47. The fourth-order valence-electron chi connectivity index (χ4n) is 3.92. The molecule has 1 heterocycles. The molecule has 3 aromatic carbocycles. The molecule has 3 aromatic rings. The third kappa shape index (κ3) is 3.85. The molecule has 5 nitrogen and oxygen atoms in total. The van der Waals surface area contributed by atoms with Crippen molar-refractivity contribution in [1.29, 1.82) is 0 Å². The van der Waals surface area contributed by atoms with Gasteiger partial charge in [-0.3, -0.25) is 14.5 Å². The monoisotopic (exact) mass is 467 g/mol. The van der Waals surface area contributed by atoms with Gasteiger partial charge in [0.2, 0.25) is 0 Å². The largest absolute Gasteiger partial charge is 0.507 e. The molecular weight excluding hydrogens is 449 g/mol. The van der Waals surface area contributed by atoms with Crippen molar-refractivity contribution >= 4 is 46.3 Å². The first-order valence-electron chi connectivity index (χ1n) is 9.79. The van der Waals surface area contributed by atoms with Crippen molar-refractivity contribution in [1.82, 2.24) is 0 Å². The lowest BCUT2D eigenvalue weighted by atomic mass is 9.94. The van der Waals surface area contributed by atoms with Crippen LogP contribution < -0.4 is 9.64 Å². The Bertz CT molecular complexity index is 1250. The maximum Gasteiger partial charge on any atom is 0.300 e. The number of anilines is 1. The standard InChI is InChI=1S/C25H19Cl2NO4/c1-14-6-5-7-15(10-14)22-21(23(29)19-8-3-4-9-20(19)32-2)24(30)25(31)28(22)18-12-16(26)11-17(27)13-18/h3-13,22,29H,1-2H3/b23-21+. The highest BCUT2D eigenvalue weighted by Crippen LogP contribution is 2.44. The Morgan fingerprint density at radius 3 is 2.31 bits per heavy atom. The van der Waals surface area contributed by atoms with Gasteiger partial charge in [0.15, 0.2) is 0 Å². The number of ketones is 1. The normalized spacial score (nSPS) is 17.6. The summed E-state index contributed by atoms with van der Waals surface area (Å²) in [5.74, 6) is -1.53. The fraction of sp³-hybridized carbons (Fsp3) is 0.120. The summed E-state index contributed by atoms with van der Waals surface area (Å²) in [5, 5.41) is 11.9. The van der Waals surface area contributed by atoms with E-state index in [0.29, 0.717) is 32.6 Å². The lowest BCUT2D eigenvalue weighted by molar-refractivity contribution is -0.132. The zero-order valence-electron chi connectivity index (χ0n) is 17.3. The minimum atomic E-state index is -0.880. The molecule has 1 amide bonds. The van der Waals surface area contributed by atoms with E-state index in [1.165, 1.54) is 12.0 Å². The van der Waals surface area contributed by atoms with Crippen molar-refractivity contribution in [3.63, 3.8) is 0 Å². The Hall–Kier alpha value is -3.28. The molecule has 7 heteroatoms.